The first-order valence-electron chi connectivity index (χ1n) is 16.3. The summed E-state index contributed by atoms with van der Waals surface area (Å²) in [5, 5.41) is 14.0. The summed E-state index contributed by atoms with van der Waals surface area (Å²) < 4.78 is 27.0. The molecule has 4 heterocycles. The van der Waals surface area contributed by atoms with Crippen LogP contribution in [0.4, 0.5) is 26.3 Å². The zero-order chi connectivity index (χ0) is 33.6. The Morgan fingerprint density at radius 2 is 1.94 bits per heavy atom. The van der Waals surface area contributed by atoms with Gasteiger partial charge in [0.2, 0.25) is 0 Å². The number of esters is 1. The first-order valence-corrected chi connectivity index (χ1v) is 17.9. The Morgan fingerprint density at radius 1 is 1.08 bits per heavy atom. The second kappa shape index (κ2) is 15.3. The van der Waals surface area contributed by atoms with Crippen molar-refractivity contribution in [3.63, 3.8) is 0 Å². The number of carbonyl (C=O) groups is 1. The van der Waals surface area contributed by atoms with Crippen molar-refractivity contribution in [1.82, 2.24) is 25.1 Å². The summed E-state index contributed by atoms with van der Waals surface area (Å²) in [5.74, 6) is 0.841. The molecule has 6 rings (SSSR count). The van der Waals surface area contributed by atoms with Gasteiger partial charge in [0, 0.05) is 22.5 Å². The molecule has 0 atom stereocenters. The monoisotopic (exact) mass is 689 g/mol. The lowest BCUT2D eigenvalue weighted by molar-refractivity contribution is 0.0519. The average Bonchev–Trinajstić information content (AvgIpc) is 3.69. The third-order valence-electron chi connectivity index (χ3n) is 8.16. The molecule has 13 heteroatoms. The van der Waals surface area contributed by atoms with E-state index in [9.17, 15) is 9.18 Å². The van der Waals surface area contributed by atoms with Crippen LogP contribution in [0.5, 0.6) is 5.75 Å². The number of thiazole rings is 2. The fourth-order valence-electron chi connectivity index (χ4n) is 5.73. The number of nitrogens with zero attached hydrogens (tertiary/aromatic N) is 6. The van der Waals surface area contributed by atoms with Gasteiger partial charge in [0.05, 0.1) is 23.4 Å². The van der Waals surface area contributed by atoms with Crippen LogP contribution in [0.2, 0.25) is 0 Å². The van der Waals surface area contributed by atoms with E-state index in [0.717, 1.165) is 75.0 Å². The van der Waals surface area contributed by atoms with Gasteiger partial charge in [0.25, 0.3) is 0 Å². The molecule has 5 aromatic rings. The number of aromatic nitrogens is 4. The Bertz CT molecular complexity index is 1860. The largest absolute Gasteiger partial charge is 0.491 e. The normalized spacial score (nSPS) is 12.8. The molecule has 1 aliphatic heterocycles. The molecular formula is C35H40FN7O3S2. The molecule has 0 fully saturated rings. The third-order valence-corrected chi connectivity index (χ3v) is 10.3. The molecule has 1 N–H and O–H groups in total. The maximum Gasteiger partial charge on any atom is 0.358 e. The highest BCUT2D eigenvalue weighted by Crippen LogP contribution is 2.39. The maximum atomic E-state index is 14.8. The molecule has 0 aliphatic carbocycles. The van der Waals surface area contributed by atoms with E-state index in [1.54, 1.807) is 30.4 Å². The lowest BCUT2D eigenvalue weighted by Gasteiger charge is -2.28. The molecule has 252 valence electrons. The molecular weight excluding hydrogens is 650 g/mol. The summed E-state index contributed by atoms with van der Waals surface area (Å²) in [6, 6.07) is 13.2. The average molecular weight is 690 g/mol. The van der Waals surface area contributed by atoms with Crippen LogP contribution < -0.4 is 15.0 Å². The smallest absolute Gasteiger partial charge is 0.358 e. The highest BCUT2D eigenvalue weighted by Gasteiger charge is 2.29. The van der Waals surface area contributed by atoms with Crippen molar-refractivity contribution in [2.45, 2.75) is 52.4 Å². The SMILES string of the molecule is CCOC(=O)c1nc(N2CCCc3c2nnc(Nc2nc4ccccc4s2)c3C)sc1CCCOc1ccc(CCCN(C)C)cc1F. The van der Waals surface area contributed by atoms with Gasteiger partial charge in [-0.25, -0.2) is 19.2 Å². The minimum Gasteiger partial charge on any atom is -0.491 e. The zero-order valence-corrected chi connectivity index (χ0v) is 29.3. The number of fused-ring (bicyclic) bond motifs is 2. The van der Waals surface area contributed by atoms with Crippen LogP contribution in [-0.4, -0.2) is 71.4 Å². The molecule has 0 amide bonds. The first kappa shape index (κ1) is 33.7. The highest BCUT2D eigenvalue weighted by molar-refractivity contribution is 7.22. The zero-order valence-electron chi connectivity index (χ0n) is 27.7. The topological polar surface area (TPSA) is 106 Å². The van der Waals surface area contributed by atoms with Crippen LogP contribution in [0.3, 0.4) is 0 Å². The van der Waals surface area contributed by atoms with Gasteiger partial charge in [0.15, 0.2) is 39.2 Å². The number of ether oxygens (including phenoxy) is 2. The van der Waals surface area contributed by atoms with Gasteiger partial charge in [-0.2, -0.15) is 0 Å². The lowest BCUT2D eigenvalue weighted by atomic mass is 10.0. The van der Waals surface area contributed by atoms with E-state index >= 15 is 0 Å². The molecule has 1 aliphatic rings. The summed E-state index contributed by atoms with van der Waals surface area (Å²) in [6.07, 6.45) is 4.65. The summed E-state index contributed by atoms with van der Waals surface area (Å²) in [7, 11) is 4.06. The van der Waals surface area contributed by atoms with Crippen molar-refractivity contribution in [3.05, 3.63) is 75.5 Å². The summed E-state index contributed by atoms with van der Waals surface area (Å²) in [6.45, 7) is 6.03. The molecule has 0 radical (unpaired) electrons. The van der Waals surface area contributed by atoms with Gasteiger partial charge in [-0.1, -0.05) is 29.5 Å². The fourth-order valence-corrected chi connectivity index (χ4v) is 7.71. The van der Waals surface area contributed by atoms with Crippen molar-refractivity contribution in [2.24, 2.45) is 0 Å². The number of halogens is 1. The number of nitrogens with one attached hydrogen (secondary N) is 1. The molecule has 0 bridgehead atoms. The summed E-state index contributed by atoms with van der Waals surface area (Å²) >= 11 is 3.03. The summed E-state index contributed by atoms with van der Waals surface area (Å²) in [4.78, 5) is 27.4. The van der Waals surface area contributed by atoms with E-state index < -0.39 is 5.97 Å². The lowest BCUT2D eigenvalue weighted by Crippen LogP contribution is -2.27. The Labute approximate surface area is 288 Å². The Hall–Kier alpha value is -4.20. The molecule has 0 saturated heterocycles. The minimum absolute atomic E-state index is 0.234. The van der Waals surface area contributed by atoms with E-state index in [0.29, 0.717) is 42.6 Å². The second-order valence-electron chi connectivity index (χ2n) is 12.0. The van der Waals surface area contributed by atoms with Gasteiger partial charge in [-0.05, 0) is 103 Å². The van der Waals surface area contributed by atoms with Gasteiger partial charge in [0.1, 0.15) is 0 Å². The molecule has 10 nitrogen and oxygen atoms in total. The van der Waals surface area contributed by atoms with Crippen LogP contribution in [0.1, 0.15) is 58.2 Å². The number of rotatable bonds is 14. The summed E-state index contributed by atoms with van der Waals surface area (Å²) in [5.41, 5.74) is 4.30. The molecule has 2 aromatic carbocycles. The van der Waals surface area contributed by atoms with Crippen LogP contribution in [0.15, 0.2) is 42.5 Å². The van der Waals surface area contributed by atoms with Crippen molar-refractivity contribution < 1.29 is 18.7 Å². The molecule has 0 saturated carbocycles. The quantitative estimate of drug-likeness (QED) is 0.0931. The van der Waals surface area contributed by atoms with Gasteiger partial charge < -0.3 is 24.6 Å². The number of anilines is 4. The fraction of sp³-hybridized carbons (Fsp3) is 0.400. The number of hydrogen-bond donors (Lipinski definition) is 1. The third kappa shape index (κ3) is 7.74. The van der Waals surface area contributed by atoms with Crippen molar-refractivity contribution in [2.75, 3.05) is 50.6 Å². The van der Waals surface area contributed by atoms with E-state index in [1.807, 2.05) is 56.3 Å². The Morgan fingerprint density at radius 3 is 2.73 bits per heavy atom. The highest BCUT2D eigenvalue weighted by atomic mass is 32.1. The van der Waals surface area contributed by atoms with Crippen LogP contribution >= 0.6 is 22.7 Å². The maximum absolute atomic E-state index is 14.8. The first-order chi connectivity index (χ1) is 23.3. The van der Waals surface area contributed by atoms with E-state index in [1.165, 1.54) is 11.3 Å². The van der Waals surface area contributed by atoms with Crippen molar-refractivity contribution in [3.8, 4) is 5.75 Å². The molecule has 48 heavy (non-hydrogen) atoms. The number of para-hydroxylation sites is 1. The van der Waals surface area contributed by atoms with Crippen LogP contribution in [-0.2, 0) is 24.0 Å². The van der Waals surface area contributed by atoms with Crippen LogP contribution in [0, 0.1) is 12.7 Å². The second-order valence-corrected chi connectivity index (χ2v) is 14.0. The molecule has 3 aromatic heterocycles. The van der Waals surface area contributed by atoms with Gasteiger partial charge in [-0.15, -0.1) is 21.5 Å². The number of carbonyl (C=O) groups excluding carboxylic acids is 1. The minimum atomic E-state index is -0.457. The van der Waals surface area contributed by atoms with E-state index in [4.69, 9.17) is 14.5 Å². The number of benzene rings is 2. The number of aryl methyl sites for hydroxylation is 2. The van der Waals surface area contributed by atoms with Crippen molar-refractivity contribution in [1.29, 1.82) is 0 Å². The van der Waals surface area contributed by atoms with Crippen molar-refractivity contribution >= 4 is 60.8 Å². The van der Waals surface area contributed by atoms with E-state index in [2.05, 4.69) is 25.4 Å². The number of hydrogen-bond acceptors (Lipinski definition) is 12. The van der Waals surface area contributed by atoms with Gasteiger partial charge >= 0.3 is 5.97 Å². The predicted molar refractivity (Wildman–Crippen MR) is 190 cm³/mol. The van der Waals surface area contributed by atoms with E-state index in [-0.39, 0.29) is 18.2 Å². The molecule has 0 unspecified atom stereocenters. The molecule has 0 spiro atoms. The van der Waals surface area contributed by atoms with Gasteiger partial charge in [-0.3, -0.25) is 0 Å². The van der Waals surface area contributed by atoms with Crippen LogP contribution in [0.25, 0.3) is 10.2 Å². The Balaban J connectivity index is 1.15. The predicted octanol–water partition coefficient (Wildman–Crippen LogP) is 7.50. The standard InChI is InChI=1S/C35H40FN7O3S2/c1-5-45-33(44)30-29(15-10-20-46-27-17-16-23(21-25(27)36)11-8-18-42(3)4)48-35(38-30)43-19-9-12-24-22(2)31(40-41-32(24)43)39-34-37-26-13-6-7-14-28(26)47-34/h6-7,13-14,16-17,21H,5,8-12,15,18-20H2,1-4H3,(H,37,39,40). The Kier molecular flexibility index (Phi) is 10.8.